The van der Waals surface area contributed by atoms with Gasteiger partial charge < -0.3 is 4.42 Å². The highest BCUT2D eigenvalue weighted by atomic mass is 32.1. The molecule has 0 aliphatic carbocycles. The summed E-state index contributed by atoms with van der Waals surface area (Å²) >= 11 is 1.83. The molecule has 5 heteroatoms. The van der Waals surface area contributed by atoms with Gasteiger partial charge in [0.25, 0.3) is 0 Å². The molecule has 234 valence electrons. The van der Waals surface area contributed by atoms with E-state index in [2.05, 4.69) is 127 Å². The Morgan fingerprint density at radius 2 is 0.940 bits per heavy atom. The average molecular weight is 658 g/mol. The highest BCUT2D eigenvalue weighted by molar-refractivity contribution is 7.25. The van der Waals surface area contributed by atoms with Gasteiger partial charge in [-0.15, -0.1) is 11.3 Å². The van der Waals surface area contributed by atoms with Crippen LogP contribution >= 0.6 is 11.3 Å². The van der Waals surface area contributed by atoms with E-state index < -0.39 is 0 Å². The fourth-order valence-electron chi connectivity index (χ4n) is 6.86. The van der Waals surface area contributed by atoms with E-state index in [-0.39, 0.29) is 0 Å². The molecule has 3 heterocycles. The number of hydrogen-bond donors (Lipinski definition) is 0. The van der Waals surface area contributed by atoms with Gasteiger partial charge in [0.15, 0.2) is 17.5 Å². The molecule has 0 amide bonds. The fraction of sp³-hybridized carbons (Fsp3) is 0. The molecule has 0 atom stereocenters. The second-order valence-electron chi connectivity index (χ2n) is 12.4. The largest absolute Gasteiger partial charge is 0.455 e. The smallest absolute Gasteiger partial charge is 0.167 e. The van der Waals surface area contributed by atoms with Crippen molar-refractivity contribution in [3.63, 3.8) is 0 Å². The first-order valence-corrected chi connectivity index (χ1v) is 17.4. The van der Waals surface area contributed by atoms with Crippen molar-refractivity contribution < 1.29 is 4.42 Å². The number of hydrogen-bond acceptors (Lipinski definition) is 5. The third-order valence-electron chi connectivity index (χ3n) is 9.36. The molecule has 0 fully saturated rings. The van der Waals surface area contributed by atoms with Crippen molar-refractivity contribution in [3.8, 4) is 56.4 Å². The number of aromatic nitrogens is 3. The van der Waals surface area contributed by atoms with Crippen LogP contribution < -0.4 is 0 Å². The molecule has 0 saturated carbocycles. The lowest BCUT2D eigenvalue weighted by Crippen LogP contribution is -2.00. The van der Waals surface area contributed by atoms with Crippen LogP contribution in [0.3, 0.4) is 0 Å². The minimum Gasteiger partial charge on any atom is -0.455 e. The molecule has 0 bridgehead atoms. The van der Waals surface area contributed by atoms with Crippen LogP contribution in [0, 0.1) is 0 Å². The zero-order valence-electron chi connectivity index (χ0n) is 26.7. The normalized spacial score (nSPS) is 11.6. The van der Waals surface area contributed by atoms with Crippen molar-refractivity contribution in [2.75, 3.05) is 0 Å². The SMILES string of the molecule is c1ccc(-c2ccc(-c3nc(-c4cccc(-c5ccc6sc7ccccc7c6c5)c4)nc(-c4cccc5c4oc4ccccc45)n3)cc2)cc1. The molecule has 50 heavy (non-hydrogen) atoms. The van der Waals surface area contributed by atoms with Crippen LogP contribution in [0.1, 0.15) is 0 Å². The molecule has 0 N–H and O–H groups in total. The van der Waals surface area contributed by atoms with Crippen molar-refractivity contribution in [2.45, 2.75) is 0 Å². The first-order valence-electron chi connectivity index (χ1n) is 16.6. The van der Waals surface area contributed by atoms with Crippen molar-refractivity contribution in [1.82, 2.24) is 15.0 Å². The van der Waals surface area contributed by atoms with Gasteiger partial charge in [-0.05, 0) is 58.7 Å². The van der Waals surface area contributed by atoms with Gasteiger partial charge in [-0.1, -0.05) is 127 Å². The second kappa shape index (κ2) is 11.6. The minimum atomic E-state index is 0.568. The van der Waals surface area contributed by atoms with Crippen molar-refractivity contribution in [3.05, 3.63) is 164 Å². The maximum Gasteiger partial charge on any atom is 0.167 e. The lowest BCUT2D eigenvalue weighted by molar-refractivity contribution is 0.669. The number of nitrogens with zero attached hydrogens (tertiary/aromatic N) is 3. The number of fused-ring (bicyclic) bond motifs is 6. The Morgan fingerprint density at radius 1 is 0.360 bits per heavy atom. The molecule has 0 aliphatic rings. The summed E-state index contributed by atoms with van der Waals surface area (Å²) in [6, 6.07) is 56.9. The highest BCUT2D eigenvalue weighted by Gasteiger charge is 2.18. The van der Waals surface area contributed by atoms with Gasteiger partial charge in [-0.25, -0.2) is 15.0 Å². The van der Waals surface area contributed by atoms with Crippen LogP contribution in [0.25, 0.3) is 98.5 Å². The first kappa shape index (κ1) is 28.6. The predicted molar refractivity (Wildman–Crippen MR) is 207 cm³/mol. The molecule has 0 radical (unpaired) electrons. The van der Waals surface area contributed by atoms with E-state index in [1.807, 2.05) is 47.7 Å². The van der Waals surface area contributed by atoms with Gasteiger partial charge >= 0.3 is 0 Å². The second-order valence-corrected chi connectivity index (χ2v) is 13.5. The standard InChI is InChI=1S/C45H27N3OS/c1-2-10-28(11-3-1)29-20-22-30(23-21-29)43-46-44(48-45(47-43)37-17-9-16-36-34-14-4-6-18-39(34)49-42(36)37)33-13-8-12-31(26-33)32-24-25-41-38(27-32)35-15-5-7-19-40(35)50-41/h1-27H. The Hall–Kier alpha value is -6.43. The monoisotopic (exact) mass is 657 g/mol. The molecule has 10 rings (SSSR count). The third kappa shape index (κ3) is 4.87. The molecule has 7 aromatic carbocycles. The predicted octanol–water partition coefficient (Wildman–Crippen LogP) is 12.5. The van der Waals surface area contributed by atoms with Gasteiger partial charge in [-0.2, -0.15) is 0 Å². The van der Waals surface area contributed by atoms with Crippen molar-refractivity contribution in [2.24, 2.45) is 0 Å². The molecule has 3 aromatic heterocycles. The van der Waals surface area contributed by atoms with E-state index >= 15 is 0 Å². The Labute approximate surface area is 292 Å². The van der Waals surface area contributed by atoms with Crippen molar-refractivity contribution >= 4 is 53.4 Å². The summed E-state index contributed by atoms with van der Waals surface area (Å²) in [4.78, 5) is 15.3. The Kier molecular flexibility index (Phi) is 6.64. The summed E-state index contributed by atoms with van der Waals surface area (Å²) in [5.74, 6) is 1.78. The van der Waals surface area contributed by atoms with Crippen LogP contribution in [-0.4, -0.2) is 15.0 Å². The van der Waals surface area contributed by atoms with E-state index in [9.17, 15) is 0 Å². The molecular formula is C45H27N3OS. The summed E-state index contributed by atoms with van der Waals surface area (Å²) in [6.45, 7) is 0. The van der Waals surface area contributed by atoms with Gasteiger partial charge in [-0.3, -0.25) is 0 Å². The number of para-hydroxylation sites is 2. The van der Waals surface area contributed by atoms with Gasteiger partial charge in [0, 0.05) is 42.1 Å². The van der Waals surface area contributed by atoms with Crippen LogP contribution in [0.5, 0.6) is 0 Å². The number of thiophene rings is 1. The summed E-state index contributed by atoms with van der Waals surface area (Å²) in [5.41, 5.74) is 8.83. The number of benzene rings is 7. The van der Waals surface area contributed by atoms with Gasteiger partial charge in [0.05, 0.1) is 5.56 Å². The summed E-state index contributed by atoms with van der Waals surface area (Å²) in [6.07, 6.45) is 0. The maximum absolute atomic E-state index is 6.43. The summed E-state index contributed by atoms with van der Waals surface area (Å²) in [5, 5.41) is 4.66. The Balaban J connectivity index is 1.13. The van der Waals surface area contributed by atoms with E-state index in [4.69, 9.17) is 19.4 Å². The quantitative estimate of drug-likeness (QED) is 0.185. The number of rotatable bonds is 5. The summed E-state index contributed by atoms with van der Waals surface area (Å²) < 4.78 is 9.02. The lowest BCUT2D eigenvalue weighted by Gasteiger charge is -2.10. The zero-order valence-corrected chi connectivity index (χ0v) is 27.6. The van der Waals surface area contributed by atoms with Crippen LogP contribution in [0.4, 0.5) is 0 Å². The van der Waals surface area contributed by atoms with Crippen LogP contribution in [0.15, 0.2) is 168 Å². The third-order valence-corrected chi connectivity index (χ3v) is 10.5. The molecule has 0 saturated heterocycles. The molecule has 0 spiro atoms. The molecule has 10 aromatic rings. The Morgan fingerprint density at radius 3 is 1.82 bits per heavy atom. The first-order chi connectivity index (χ1) is 24.7. The zero-order chi connectivity index (χ0) is 33.0. The Bertz CT molecular complexity index is 2870. The minimum absolute atomic E-state index is 0.568. The van der Waals surface area contributed by atoms with E-state index in [0.29, 0.717) is 17.5 Å². The number of furan rings is 1. The molecule has 0 unspecified atom stereocenters. The molecular weight excluding hydrogens is 631 g/mol. The van der Waals surface area contributed by atoms with Gasteiger partial charge in [0.1, 0.15) is 11.2 Å². The lowest BCUT2D eigenvalue weighted by atomic mass is 10.0. The topological polar surface area (TPSA) is 51.8 Å². The van der Waals surface area contributed by atoms with E-state index in [1.165, 1.54) is 20.2 Å². The average Bonchev–Trinajstić information content (AvgIpc) is 3.76. The fourth-order valence-corrected chi connectivity index (χ4v) is 7.95. The van der Waals surface area contributed by atoms with Crippen molar-refractivity contribution in [1.29, 1.82) is 0 Å². The summed E-state index contributed by atoms with van der Waals surface area (Å²) in [7, 11) is 0. The van der Waals surface area contributed by atoms with Crippen LogP contribution in [0.2, 0.25) is 0 Å². The van der Waals surface area contributed by atoms with Gasteiger partial charge in [0.2, 0.25) is 0 Å². The molecule has 0 aliphatic heterocycles. The van der Waals surface area contributed by atoms with E-state index in [1.54, 1.807) is 0 Å². The van der Waals surface area contributed by atoms with Crippen LogP contribution in [-0.2, 0) is 0 Å². The molecule has 4 nitrogen and oxygen atoms in total. The van der Waals surface area contributed by atoms with E-state index in [0.717, 1.165) is 60.9 Å². The highest BCUT2D eigenvalue weighted by Crippen LogP contribution is 2.38. The maximum atomic E-state index is 6.43.